The lowest BCUT2D eigenvalue weighted by Crippen LogP contribution is -1.99. The minimum Gasteiger partial charge on any atom is -0.396 e. The van der Waals surface area contributed by atoms with Gasteiger partial charge in [0.2, 0.25) is 0 Å². The van der Waals surface area contributed by atoms with Crippen LogP contribution in [0.4, 0.5) is 0 Å². The highest BCUT2D eigenvalue weighted by Crippen LogP contribution is 2.18. The van der Waals surface area contributed by atoms with E-state index in [2.05, 4.69) is 38.1 Å². The van der Waals surface area contributed by atoms with Crippen LogP contribution < -0.4 is 0 Å². The van der Waals surface area contributed by atoms with Crippen molar-refractivity contribution >= 4 is 0 Å². The molecule has 0 aliphatic carbocycles. The van der Waals surface area contributed by atoms with Crippen molar-refractivity contribution in [2.75, 3.05) is 6.61 Å². The second-order valence-electron chi connectivity index (χ2n) is 7.06. The molecule has 0 spiro atoms. The van der Waals surface area contributed by atoms with E-state index in [0.29, 0.717) is 12.5 Å². The van der Waals surface area contributed by atoms with Crippen LogP contribution in [0.3, 0.4) is 0 Å². The maximum atomic E-state index is 9.75. The first-order valence-corrected chi connectivity index (χ1v) is 10.0. The Morgan fingerprint density at radius 1 is 0.808 bits per heavy atom. The number of aliphatic hydroxyl groups excluding tert-OH is 2. The Kier molecular flexibility index (Phi) is 12.5. The first-order valence-electron chi connectivity index (χ1n) is 10.0. The van der Waals surface area contributed by atoms with Gasteiger partial charge in [-0.1, -0.05) is 93.8 Å². The molecule has 0 fully saturated rings. The van der Waals surface area contributed by atoms with Gasteiger partial charge in [-0.3, -0.25) is 0 Å². The van der Waals surface area contributed by atoms with Crippen LogP contribution in [0, 0.1) is 5.92 Å². The highest BCUT2D eigenvalue weighted by atomic mass is 16.3. The van der Waals surface area contributed by atoms with E-state index in [1.54, 1.807) is 0 Å². The smallest absolute Gasteiger partial charge is 0.0790 e. The fourth-order valence-electron chi connectivity index (χ4n) is 2.85. The third-order valence-corrected chi connectivity index (χ3v) is 4.66. The quantitative estimate of drug-likeness (QED) is 0.517. The van der Waals surface area contributed by atoms with E-state index in [4.69, 9.17) is 5.11 Å². The molecule has 2 nitrogen and oxygen atoms in total. The van der Waals surface area contributed by atoms with Gasteiger partial charge in [-0.25, -0.2) is 0 Å². The summed E-state index contributed by atoms with van der Waals surface area (Å²) in [5.74, 6) is 0.630. The third kappa shape index (κ3) is 10.4. The normalized spacial score (nSPS) is 12.8. The summed E-state index contributed by atoms with van der Waals surface area (Å²) < 4.78 is 0. The van der Waals surface area contributed by atoms with Gasteiger partial charge in [-0.15, -0.1) is 0 Å². The van der Waals surface area contributed by atoms with Crippen LogP contribution >= 0.6 is 0 Å². The lowest BCUT2D eigenvalue weighted by molar-refractivity contribution is 0.163. The van der Waals surface area contributed by atoms with Crippen LogP contribution in [0.5, 0.6) is 0 Å². The number of benzene rings is 2. The molecule has 0 radical (unpaired) electrons. The van der Waals surface area contributed by atoms with Crippen LogP contribution in [-0.4, -0.2) is 16.8 Å². The molecule has 2 heteroatoms. The van der Waals surface area contributed by atoms with Gasteiger partial charge in [-0.2, -0.15) is 0 Å². The Morgan fingerprint density at radius 2 is 1.42 bits per heavy atom. The Morgan fingerprint density at radius 3 is 2.00 bits per heavy atom. The molecule has 2 aromatic rings. The predicted molar refractivity (Wildman–Crippen MR) is 111 cm³/mol. The standard InChI is InChI=1S/2C12H18O/c1-11(9-10-13)7-8-12-5-3-2-4-6-12;1-2-3-5-10-12(13)11-8-6-4-7-9-11/h2-6,11,13H,7-10H2,1H3;4,6-9,12-13H,2-3,5,10H2,1H3. The lowest BCUT2D eigenvalue weighted by atomic mass is 9.99. The Bertz CT molecular complexity index is 539. The maximum Gasteiger partial charge on any atom is 0.0790 e. The molecule has 0 saturated carbocycles. The number of aryl methyl sites for hydroxylation is 1. The van der Waals surface area contributed by atoms with E-state index in [0.717, 1.165) is 31.2 Å². The number of rotatable bonds is 10. The molecular formula is C24H36O2. The summed E-state index contributed by atoms with van der Waals surface area (Å²) in [6.07, 6.45) is 7.38. The topological polar surface area (TPSA) is 40.5 Å². The largest absolute Gasteiger partial charge is 0.396 e. The van der Waals surface area contributed by atoms with Crippen molar-refractivity contribution in [1.29, 1.82) is 0 Å². The van der Waals surface area contributed by atoms with E-state index >= 15 is 0 Å². The second kappa shape index (κ2) is 14.5. The summed E-state index contributed by atoms with van der Waals surface area (Å²) in [4.78, 5) is 0. The summed E-state index contributed by atoms with van der Waals surface area (Å²) in [5, 5.41) is 18.5. The van der Waals surface area contributed by atoms with Crippen LogP contribution in [0.25, 0.3) is 0 Å². The fourth-order valence-corrected chi connectivity index (χ4v) is 2.85. The van der Waals surface area contributed by atoms with Gasteiger partial charge in [-0.05, 0) is 42.7 Å². The van der Waals surface area contributed by atoms with Gasteiger partial charge in [0.25, 0.3) is 0 Å². The summed E-state index contributed by atoms with van der Waals surface area (Å²) in [7, 11) is 0. The van der Waals surface area contributed by atoms with Crippen molar-refractivity contribution in [3.63, 3.8) is 0 Å². The van der Waals surface area contributed by atoms with E-state index in [1.807, 2.05) is 36.4 Å². The molecule has 2 aromatic carbocycles. The minimum atomic E-state index is -0.271. The summed E-state index contributed by atoms with van der Waals surface area (Å²) >= 11 is 0. The van der Waals surface area contributed by atoms with Gasteiger partial charge in [0.05, 0.1) is 6.10 Å². The van der Waals surface area contributed by atoms with Crippen molar-refractivity contribution < 1.29 is 10.2 Å². The van der Waals surface area contributed by atoms with Crippen molar-refractivity contribution in [2.45, 2.75) is 64.9 Å². The van der Waals surface area contributed by atoms with Crippen molar-refractivity contribution in [3.05, 3.63) is 71.8 Å². The molecule has 2 atom stereocenters. The zero-order chi connectivity index (χ0) is 19.0. The Labute approximate surface area is 159 Å². The van der Waals surface area contributed by atoms with Gasteiger partial charge < -0.3 is 10.2 Å². The van der Waals surface area contributed by atoms with Crippen molar-refractivity contribution in [3.8, 4) is 0 Å². The average molecular weight is 357 g/mol. The molecule has 2 unspecified atom stereocenters. The number of aliphatic hydroxyl groups is 2. The molecule has 0 saturated heterocycles. The molecule has 0 aliphatic rings. The van der Waals surface area contributed by atoms with Crippen molar-refractivity contribution in [2.24, 2.45) is 5.92 Å². The summed E-state index contributed by atoms with van der Waals surface area (Å²) in [5.41, 5.74) is 2.44. The molecular weight excluding hydrogens is 320 g/mol. The van der Waals surface area contributed by atoms with Crippen LogP contribution in [0.1, 0.15) is 69.6 Å². The fraction of sp³-hybridized carbons (Fsp3) is 0.500. The first-order chi connectivity index (χ1) is 12.7. The lowest BCUT2D eigenvalue weighted by Gasteiger charge is -2.09. The molecule has 0 heterocycles. The predicted octanol–water partition coefficient (Wildman–Crippen LogP) is 5.94. The molecule has 144 valence electrons. The molecule has 0 amide bonds. The minimum absolute atomic E-state index is 0.271. The molecule has 0 aliphatic heterocycles. The van der Waals surface area contributed by atoms with Crippen molar-refractivity contribution in [1.82, 2.24) is 0 Å². The zero-order valence-electron chi connectivity index (χ0n) is 16.5. The SMILES string of the molecule is CC(CCO)CCc1ccccc1.CCCCCC(O)c1ccccc1. The molecule has 0 bridgehead atoms. The number of hydrogen-bond donors (Lipinski definition) is 2. The first kappa shape index (κ1) is 22.4. The van der Waals surface area contributed by atoms with E-state index < -0.39 is 0 Å². The second-order valence-corrected chi connectivity index (χ2v) is 7.06. The van der Waals surface area contributed by atoms with E-state index in [-0.39, 0.29) is 6.10 Å². The van der Waals surface area contributed by atoms with Gasteiger partial charge >= 0.3 is 0 Å². The van der Waals surface area contributed by atoms with Gasteiger partial charge in [0, 0.05) is 6.61 Å². The molecule has 26 heavy (non-hydrogen) atoms. The van der Waals surface area contributed by atoms with Gasteiger partial charge in [0.1, 0.15) is 0 Å². The molecule has 0 aromatic heterocycles. The molecule has 2 rings (SSSR count). The average Bonchev–Trinajstić information content (AvgIpc) is 2.69. The van der Waals surface area contributed by atoms with Gasteiger partial charge in [0.15, 0.2) is 0 Å². The number of unbranched alkanes of at least 4 members (excludes halogenated alkanes) is 2. The summed E-state index contributed by atoms with van der Waals surface area (Å²) in [6.45, 7) is 4.68. The van der Waals surface area contributed by atoms with E-state index in [9.17, 15) is 5.11 Å². The highest BCUT2D eigenvalue weighted by Gasteiger charge is 2.05. The Balaban J connectivity index is 0.000000260. The van der Waals surface area contributed by atoms with E-state index in [1.165, 1.54) is 24.8 Å². The highest BCUT2D eigenvalue weighted by molar-refractivity contribution is 5.17. The van der Waals surface area contributed by atoms with Crippen LogP contribution in [-0.2, 0) is 6.42 Å². The van der Waals surface area contributed by atoms with Crippen LogP contribution in [0.2, 0.25) is 0 Å². The molecule has 2 N–H and O–H groups in total. The number of hydrogen-bond acceptors (Lipinski definition) is 2. The zero-order valence-corrected chi connectivity index (χ0v) is 16.5. The summed E-state index contributed by atoms with van der Waals surface area (Å²) in [6, 6.07) is 20.4. The van der Waals surface area contributed by atoms with Crippen LogP contribution in [0.15, 0.2) is 60.7 Å². The third-order valence-electron chi connectivity index (χ3n) is 4.66. The Hall–Kier alpha value is -1.64. The monoisotopic (exact) mass is 356 g/mol. The maximum absolute atomic E-state index is 9.75.